The molecule has 0 atom stereocenters. The predicted molar refractivity (Wildman–Crippen MR) is 104 cm³/mol. The molecule has 1 heterocycles. The molecule has 0 aromatic heterocycles. The number of phenols is 1. The average Bonchev–Trinajstić information content (AvgIpc) is 2.57. The summed E-state index contributed by atoms with van der Waals surface area (Å²) in [5.41, 5.74) is -0.950. The van der Waals surface area contributed by atoms with Crippen molar-refractivity contribution in [1.29, 1.82) is 0 Å². The first-order valence-corrected chi connectivity index (χ1v) is 10.7. The minimum atomic E-state index is -4.23. The van der Waals surface area contributed by atoms with Gasteiger partial charge in [0.2, 0.25) is 0 Å². The Morgan fingerprint density at radius 2 is 1.96 bits per heavy atom. The van der Waals surface area contributed by atoms with Crippen molar-refractivity contribution in [3.8, 4) is 5.75 Å². The molecule has 1 fully saturated rings. The lowest BCUT2D eigenvalue weighted by Crippen LogP contribution is -2.44. The van der Waals surface area contributed by atoms with E-state index in [4.69, 9.17) is 21.1 Å². The van der Waals surface area contributed by atoms with Gasteiger partial charge in [-0.2, -0.15) is 0 Å². The Balaban J connectivity index is 2.48. The number of alkyl halides is 1. The molecule has 1 saturated heterocycles. The Labute approximate surface area is 169 Å². The molecule has 1 aromatic rings. The number of carbonyl (C=O) groups excluding carboxylic acids is 1. The second-order valence-electron chi connectivity index (χ2n) is 7.64. The third-order valence-corrected chi connectivity index (χ3v) is 7.64. The van der Waals surface area contributed by atoms with Gasteiger partial charge in [-0.1, -0.05) is 11.6 Å². The van der Waals surface area contributed by atoms with Crippen LogP contribution in [-0.4, -0.2) is 49.9 Å². The van der Waals surface area contributed by atoms with Crippen LogP contribution in [0.15, 0.2) is 17.0 Å². The summed E-state index contributed by atoms with van der Waals surface area (Å²) in [5.74, 6) is -0.705. The molecule has 0 unspecified atom stereocenters. The molecule has 10 heteroatoms. The molecule has 2 rings (SSSR count). The second kappa shape index (κ2) is 8.42. The molecule has 2 N–H and O–H groups in total. The van der Waals surface area contributed by atoms with Gasteiger partial charge in [-0.3, -0.25) is 9.71 Å². The molecule has 0 spiro atoms. The lowest BCUT2D eigenvalue weighted by atomic mass is 9.96. The number of hydrogen-bond donors (Lipinski definition) is 2. The van der Waals surface area contributed by atoms with E-state index in [0.717, 1.165) is 0 Å². The minimum Gasteiger partial charge on any atom is -0.504 e. The van der Waals surface area contributed by atoms with Gasteiger partial charge in [0.1, 0.15) is 10.5 Å². The number of ether oxygens (including phenoxy) is 2. The Kier molecular flexibility index (Phi) is 6.83. The molecule has 7 nitrogen and oxygen atoms in total. The number of benzene rings is 1. The molecule has 0 radical (unpaired) electrons. The van der Waals surface area contributed by atoms with E-state index in [1.54, 1.807) is 20.8 Å². The largest absolute Gasteiger partial charge is 0.504 e. The summed E-state index contributed by atoms with van der Waals surface area (Å²) in [7, 11) is -4.23. The molecule has 1 aliphatic heterocycles. The van der Waals surface area contributed by atoms with Crippen molar-refractivity contribution in [1.82, 2.24) is 0 Å². The number of hydrogen-bond acceptors (Lipinski definition) is 6. The monoisotopic (exact) mass is 437 g/mol. The Morgan fingerprint density at radius 3 is 2.50 bits per heavy atom. The van der Waals surface area contributed by atoms with Crippen LogP contribution in [0, 0.1) is 0 Å². The Bertz CT molecular complexity index is 826. The molecule has 0 aliphatic carbocycles. The summed E-state index contributed by atoms with van der Waals surface area (Å²) >= 11 is 6.10. The maximum Gasteiger partial charge on any atom is 0.412 e. The van der Waals surface area contributed by atoms with Crippen LogP contribution in [-0.2, 0) is 19.3 Å². The maximum atomic E-state index is 13.4. The van der Waals surface area contributed by atoms with Crippen molar-refractivity contribution in [3.63, 3.8) is 0 Å². The Morgan fingerprint density at radius 1 is 1.36 bits per heavy atom. The fraction of sp³-hybridized carbons (Fsp3) is 0.611. The number of anilines is 1. The average molecular weight is 438 g/mol. The number of rotatable bonds is 5. The maximum absolute atomic E-state index is 13.4. The molecular formula is C18H25ClFNO6S. The van der Waals surface area contributed by atoms with E-state index in [-0.39, 0.29) is 43.2 Å². The zero-order valence-electron chi connectivity index (χ0n) is 16.0. The van der Waals surface area contributed by atoms with E-state index in [2.05, 4.69) is 5.32 Å². The van der Waals surface area contributed by atoms with E-state index in [1.165, 1.54) is 12.1 Å². The van der Waals surface area contributed by atoms with Crippen LogP contribution >= 0.6 is 11.6 Å². The number of sulfone groups is 1. The van der Waals surface area contributed by atoms with E-state index >= 15 is 0 Å². The summed E-state index contributed by atoms with van der Waals surface area (Å²) in [6.45, 7) is 4.47. The molecule has 1 aliphatic rings. The van der Waals surface area contributed by atoms with Crippen molar-refractivity contribution in [2.45, 2.75) is 55.3 Å². The SMILES string of the molecule is CC(C)(C)OC(=O)Nc1ccc(Cl)c(S(=O)(=O)C2(CCF)CCOCC2)c1O. The lowest BCUT2D eigenvalue weighted by Gasteiger charge is -2.36. The van der Waals surface area contributed by atoms with E-state index in [9.17, 15) is 22.7 Å². The van der Waals surface area contributed by atoms with Crippen LogP contribution in [0.2, 0.25) is 5.02 Å². The number of amides is 1. The number of nitrogens with one attached hydrogen (secondary N) is 1. The third kappa shape index (κ3) is 4.69. The Hall–Kier alpha value is -1.58. The van der Waals surface area contributed by atoms with Gasteiger partial charge >= 0.3 is 6.09 Å². The highest BCUT2D eigenvalue weighted by Gasteiger charge is 2.47. The first kappa shape index (κ1) is 22.7. The summed E-state index contributed by atoms with van der Waals surface area (Å²) < 4.78 is 48.9. The summed E-state index contributed by atoms with van der Waals surface area (Å²) in [4.78, 5) is 11.5. The van der Waals surface area contributed by atoms with Crippen LogP contribution in [0.25, 0.3) is 0 Å². The molecule has 28 heavy (non-hydrogen) atoms. The lowest BCUT2D eigenvalue weighted by molar-refractivity contribution is 0.0635. The topological polar surface area (TPSA) is 102 Å². The molecule has 0 bridgehead atoms. The number of halogens is 2. The van der Waals surface area contributed by atoms with Gasteiger partial charge in [-0.25, -0.2) is 13.2 Å². The van der Waals surface area contributed by atoms with Gasteiger partial charge in [0.25, 0.3) is 0 Å². The fourth-order valence-corrected chi connectivity index (χ4v) is 5.73. The van der Waals surface area contributed by atoms with Crippen LogP contribution in [0.4, 0.5) is 14.9 Å². The van der Waals surface area contributed by atoms with Gasteiger partial charge in [-0.15, -0.1) is 0 Å². The van der Waals surface area contributed by atoms with Crippen LogP contribution in [0.5, 0.6) is 5.75 Å². The van der Waals surface area contributed by atoms with Crippen LogP contribution < -0.4 is 5.32 Å². The number of phenolic OH excluding ortho intramolecular Hbond substituents is 1. The molecule has 1 aromatic carbocycles. The fourth-order valence-electron chi connectivity index (χ4n) is 3.10. The first-order chi connectivity index (χ1) is 12.9. The van der Waals surface area contributed by atoms with Gasteiger partial charge < -0.3 is 14.6 Å². The molecule has 0 saturated carbocycles. The van der Waals surface area contributed by atoms with E-state index < -0.39 is 43.6 Å². The van der Waals surface area contributed by atoms with Crippen molar-refractivity contribution in [2.75, 3.05) is 25.2 Å². The van der Waals surface area contributed by atoms with Gasteiger partial charge in [-0.05, 0) is 52.2 Å². The van der Waals surface area contributed by atoms with Crippen LogP contribution in [0.3, 0.4) is 0 Å². The molecular weight excluding hydrogens is 413 g/mol. The quantitative estimate of drug-likeness (QED) is 0.673. The number of aromatic hydroxyl groups is 1. The molecule has 1 amide bonds. The highest BCUT2D eigenvalue weighted by Crippen LogP contribution is 2.45. The first-order valence-electron chi connectivity index (χ1n) is 8.83. The third-order valence-electron chi connectivity index (χ3n) is 4.51. The van der Waals surface area contributed by atoms with Gasteiger partial charge in [0.05, 0.1) is 22.1 Å². The highest BCUT2D eigenvalue weighted by atomic mass is 35.5. The van der Waals surface area contributed by atoms with E-state index in [1.807, 2.05) is 0 Å². The van der Waals surface area contributed by atoms with Crippen molar-refractivity contribution < 1.29 is 32.2 Å². The van der Waals surface area contributed by atoms with Gasteiger partial charge in [0, 0.05) is 13.2 Å². The smallest absolute Gasteiger partial charge is 0.412 e. The second-order valence-corrected chi connectivity index (χ2v) is 10.3. The molecule has 158 valence electrons. The number of carbonyl (C=O) groups is 1. The van der Waals surface area contributed by atoms with Gasteiger partial charge in [0.15, 0.2) is 15.6 Å². The predicted octanol–water partition coefficient (Wildman–Crippen LogP) is 4.08. The normalized spacial score (nSPS) is 17.2. The zero-order chi connectivity index (χ0) is 21.2. The summed E-state index contributed by atoms with van der Waals surface area (Å²) in [6, 6.07) is 2.52. The van der Waals surface area contributed by atoms with Crippen molar-refractivity contribution in [2.24, 2.45) is 0 Å². The zero-order valence-corrected chi connectivity index (χ0v) is 17.6. The standard InChI is InChI=1S/C18H25ClFNO6S/c1-17(2,3)27-16(23)21-13-5-4-12(19)15(14(13)22)28(24,25)18(6-9-20)7-10-26-11-8-18/h4-5,22H,6-11H2,1-3H3,(H,21,23). The van der Waals surface area contributed by atoms with Crippen molar-refractivity contribution >= 4 is 33.2 Å². The van der Waals surface area contributed by atoms with Crippen molar-refractivity contribution in [3.05, 3.63) is 17.2 Å². The summed E-state index contributed by atoms with van der Waals surface area (Å²) in [6.07, 6.45) is -0.937. The highest BCUT2D eigenvalue weighted by molar-refractivity contribution is 7.93. The van der Waals surface area contributed by atoms with Crippen LogP contribution in [0.1, 0.15) is 40.0 Å². The summed E-state index contributed by atoms with van der Waals surface area (Å²) in [5, 5.41) is 12.7. The minimum absolute atomic E-state index is 0.0821. The van der Waals surface area contributed by atoms with E-state index in [0.29, 0.717) is 0 Å².